The van der Waals surface area contributed by atoms with Crippen LogP contribution in [-0.2, 0) is 6.54 Å². The molecule has 2 N–H and O–H groups in total. The molecule has 1 aromatic heterocycles. The molecule has 0 saturated heterocycles. The second kappa shape index (κ2) is 7.74. The van der Waals surface area contributed by atoms with Crippen LogP contribution in [0.25, 0.3) is 10.9 Å². The van der Waals surface area contributed by atoms with Gasteiger partial charge < -0.3 is 4.98 Å². The van der Waals surface area contributed by atoms with Crippen molar-refractivity contribution < 1.29 is 0 Å². The summed E-state index contributed by atoms with van der Waals surface area (Å²) in [4.78, 5) is 19.7. The van der Waals surface area contributed by atoms with Gasteiger partial charge in [0.2, 0.25) is 0 Å². The van der Waals surface area contributed by atoms with E-state index >= 15 is 0 Å². The number of nitrogens with zero attached hydrogens (tertiary/aromatic N) is 1. The molecule has 4 rings (SSSR count). The molecule has 0 saturated carbocycles. The van der Waals surface area contributed by atoms with E-state index in [0.717, 1.165) is 11.1 Å². The summed E-state index contributed by atoms with van der Waals surface area (Å²) in [6.07, 6.45) is 0. The van der Waals surface area contributed by atoms with Crippen molar-refractivity contribution in [3.63, 3.8) is 0 Å². The van der Waals surface area contributed by atoms with Crippen molar-refractivity contribution in [3.8, 4) is 0 Å². The van der Waals surface area contributed by atoms with Crippen molar-refractivity contribution in [2.75, 3.05) is 0 Å². The first-order chi connectivity index (χ1) is 13.2. The highest BCUT2D eigenvalue weighted by Crippen LogP contribution is 2.22. The Kier molecular flexibility index (Phi) is 5.01. The fourth-order valence-electron chi connectivity index (χ4n) is 3.16. The summed E-state index contributed by atoms with van der Waals surface area (Å²) in [6.45, 7) is 0.423. The van der Waals surface area contributed by atoms with Crippen LogP contribution in [0.3, 0.4) is 0 Å². The molecule has 0 aliphatic heterocycles. The van der Waals surface area contributed by atoms with Crippen molar-refractivity contribution in [1.82, 2.24) is 15.3 Å². The maximum absolute atomic E-state index is 12.3. The normalized spacial score (nSPS) is 11.2. The van der Waals surface area contributed by atoms with Gasteiger partial charge in [-0.25, -0.2) is 4.98 Å². The quantitative estimate of drug-likeness (QED) is 0.541. The van der Waals surface area contributed by atoms with E-state index in [0.29, 0.717) is 28.3 Å². The molecule has 0 aliphatic carbocycles. The Labute approximate surface area is 161 Å². The van der Waals surface area contributed by atoms with Gasteiger partial charge in [-0.1, -0.05) is 72.3 Å². The van der Waals surface area contributed by atoms with E-state index in [1.807, 2.05) is 36.4 Å². The molecule has 134 valence electrons. The lowest BCUT2D eigenvalue weighted by atomic mass is 9.99. The first-order valence-electron chi connectivity index (χ1n) is 8.72. The van der Waals surface area contributed by atoms with Gasteiger partial charge in [0.1, 0.15) is 5.82 Å². The molecule has 5 heteroatoms. The van der Waals surface area contributed by atoms with Crippen molar-refractivity contribution in [3.05, 3.63) is 111 Å². The molecule has 0 unspecified atom stereocenters. The molecule has 0 amide bonds. The van der Waals surface area contributed by atoms with E-state index in [4.69, 9.17) is 11.6 Å². The smallest absolute Gasteiger partial charge is 0.258 e. The minimum absolute atomic E-state index is 0.00670. The van der Waals surface area contributed by atoms with Gasteiger partial charge in [-0.2, -0.15) is 0 Å². The summed E-state index contributed by atoms with van der Waals surface area (Å²) in [5.74, 6) is 0.576. The number of aromatic nitrogens is 2. The van der Waals surface area contributed by atoms with E-state index in [-0.39, 0.29) is 11.6 Å². The van der Waals surface area contributed by atoms with Gasteiger partial charge in [0.05, 0.1) is 23.5 Å². The van der Waals surface area contributed by atoms with E-state index < -0.39 is 0 Å². The zero-order valence-electron chi connectivity index (χ0n) is 14.5. The Morgan fingerprint density at radius 3 is 2.19 bits per heavy atom. The predicted molar refractivity (Wildman–Crippen MR) is 109 cm³/mol. The van der Waals surface area contributed by atoms with Crippen molar-refractivity contribution in [1.29, 1.82) is 0 Å². The van der Waals surface area contributed by atoms with Crippen LogP contribution in [0.2, 0.25) is 5.02 Å². The lowest BCUT2D eigenvalue weighted by molar-refractivity contribution is 0.587. The van der Waals surface area contributed by atoms with Crippen molar-refractivity contribution in [2.24, 2.45) is 0 Å². The maximum atomic E-state index is 12.3. The van der Waals surface area contributed by atoms with E-state index in [1.165, 1.54) is 0 Å². The van der Waals surface area contributed by atoms with Crippen molar-refractivity contribution in [2.45, 2.75) is 12.6 Å². The van der Waals surface area contributed by atoms with Gasteiger partial charge in [0, 0.05) is 5.02 Å². The van der Waals surface area contributed by atoms with Crippen LogP contribution in [0.1, 0.15) is 23.0 Å². The zero-order chi connectivity index (χ0) is 18.6. The minimum atomic E-state index is -0.163. The van der Waals surface area contributed by atoms with Gasteiger partial charge in [-0.05, 0) is 29.3 Å². The molecule has 0 fully saturated rings. The molecule has 3 aromatic carbocycles. The Hall–Kier alpha value is -2.95. The molecule has 4 nitrogen and oxygen atoms in total. The lowest BCUT2D eigenvalue weighted by Gasteiger charge is -2.19. The van der Waals surface area contributed by atoms with E-state index in [2.05, 4.69) is 39.6 Å². The van der Waals surface area contributed by atoms with Gasteiger partial charge in [0.15, 0.2) is 0 Å². The second-order valence-electron chi connectivity index (χ2n) is 6.31. The number of hydrogen-bond donors (Lipinski definition) is 2. The fraction of sp³-hybridized carbons (Fsp3) is 0.0909. The lowest BCUT2D eigenvalue weighted by Crippen LogP contribution is -2.24. The second-order valence-corrected chi connectivity index (χ2v) is 6.75. The molecule has 1 heterocycles. The third-order valence-corrected chi connectivity index (χ3v) is 4.69. The number of halogens is 1. The Morgan fingerprint density at radius 2 is 1.56 bits per heavy atom. The number of H-pyrrole nitrogens is 1. The SMILES string of the molecule is O=c1[nH]c(CNC(c2ccccc2)c2ccccc2)nc2cc(Cl)ccc12. The van der Waals surface area contributed by atoms with E-state index in [1.54, 1.807) is 18.2 Å². The third-order valence-electron chi connectivity index (χ3n) is 4.46. The number of rotatable bonds is 5. The predicted octanol–water partition coefficient (Wildman–Crippen LogP) is 4.46. The fourth-order valence-corrected chi connectivity index (χ4v) is 3.33. The average molecular weight is 376 g/mol. The van der Waals surface area contributed by atoms with Crippen molar-refractivity contribution >= 4 is 22.5 Å². The first-order valence-corrected chi connectivity index (χ1v) is 9.10. The summed E-state index contributed by atoms with van der Waals surface area (Å²) >= 11 is 6.04. The summed E-state index contributed by atoms with van der Waals surface area (Å²) in [6, 6.07) is 25.5. The molecule has 0 atom stereocenters. The summed E-state index contributed by atoms with van der Waals surface area (Å²) in [5.41, 5.74) is 2.73. The average Bonchev–Trinajstić information content (AvgIpc) is 2.69. The standard InChI is InChI=1S/C22H18ClN3O/c23-17-11-12-18-19(13-17)25-20(26-22(18)27)14-24-21(15-7-3-1-4-8-15)16-9-5-2-6-10-16/h1-13,21,24H,14H2,(H,25,26,27). The number of aromatic amines is 1. The monoisotopic (exact) mass is 375 g/mol. The highest BCUT2D eigenvalue weighted by molar-refractivity contribution is 6.31. The van der Waals surface area contributed by atoms with Gasteiger partial charge >= 0.3 is 0 Å². The van der Waals surface area contributed by atoms with Crippen LogP contribution in [0.4, 0.5) is 0 Å². The van der Waals surface area contributed by atoms with E-state index in [9.17, 15) is 4.79 Å². The maximum Gasteiger partial charge on any atom is 0.258 e. The number of fused-ring (bicyclic) bond motifs is 1. The largest absolute Gasteiger partial charge is 0.309 e. The molecule has 4 aromatic rings. The summed E-state index contributed by atoms with van der Waals surface area (Å²) in [7, 11) is 0. The van der Waals surface area contributed by atoms with Crippen LogP contribution in [0.5, 0.6) is 0 Å². The van der Waals surface area contributed by atoms with Gasteiger partial charge in [-0.3, -0.25) is 10.1 Å². The Balaban J connectivity index is 1.65. The molecule has 0 spiro atoms. The summed E-state index contributed by atoms with van der Waals surface area (Å²) in [5, 5.41) is 4.60. The molecular weight excluding hydrogens is 358 g/mol. The third kappa shape index (κ3) is 3.92. The van der Waals surface area contributed by atoms with Crippen LogP contribution < -0.4 is 10.9 Å². The minimum Gasteiger partial charge on any atom is -0.309 e. The molecule has 0 bridgehead atoms. The van der Waals surface area contributed by atoms with Crippen LogP contribution in [0, 0.1) is 0 Å². The molecule has 27 heavy (non-hydrogen) atoms. The molecular formula is C22H18ClN3O. The number of nitrogens with one attached hydrogen (secondary N) is 2. The zero-order valence-corrected chi connectivity index (χ0v) is 15.3. The summed E-state index contributed by atoms with van der Waals surface area (Å²) < 4.78 is 0. The van der Waals surface area contributed by atoms with Crippen LogP contribution in [-0.4, -0.2) is 9.97 Å². The molecule has 0 radical (unpaired) electrons. The number of hydrogen-bond acceptors (Lipinski definition) is 3. The topological polar surface area (TPSA) is 57.8 Å². The van der Waals surface area contributed by atoms with Gasteiger partial charge in [-0.15, -0.1) is 0 Å². The number of benzene rings is 3. The van der Waals surface area contributed by atoms with Gasteiger partial charge in [0.25, 0.3) is 5.56 Å². The Morgan fingerprint density at radius 1 is 0.926 bits per heavy atom. The van der Waals surface area contributed by atoms with Crippen LogP contribution in [0.15, 0.2) is 83.7 Å². The first kappa shape index (κ1) is 17.5. The molecule has 0 aliphatic rings. The Bertz CT molecular complexity index is 1070. The highest BCUT2D eigenvalue weighted by atomic mass is 35.5. The van der Waals surface area contributed by atoms with Crippen LogP contribution >= 0.6 is 11.6 Å². The highest BCUT2D eigenvalue weighted by Gasteiger charge is 2.14.